The van der Waals surface area contributed by atoms with Crippen LogP contribution < -0.4 is 10.1 Å². The first kappa shape index (κ1) is 18.5. The van der Waals surface area contributed by atoms with Crippen LogP contribution in [0.25, 0.3) is 10.9 Å². The highest BCUT2D eigenvalue weighted by atomic mass is 16.5. The van der Waals surface area contributed by atoms with Crippen LogP contribution in [0.1, 0.15) is 52.7 Å². The first-order valence-corrected chi connectivity index (χ1v) is 8.56. The standard InChI is InChI=1S/C19H28N2O3/c1-6-15(20-11(2)3)19(23)14-7-9-16(22)18-13(14)8-10-17(21-18)24-12(4)5/h7-12,15,19-20,22-23H,6H2,1-5H3. The van der Waals surface area contributed by atoms with Crippen molar-refractivity contribution in [2.45, 2.75) is 65.3 Å². The number of aromatic nitrogens is 1. The Kier molecular flexibility index (Phi) is 6.02. The summed E-state index contributed by atoms with van der Waals surface area (Å²) >= 11 is 0. The quantitative estimate of drug-likeness (QED) is 0.723. The highest BCUT2D eigenvalue weighted by molar-refractivity contribution is 5.88. The van der Waals surface area contributed by atoms with Gasteiger partial charge in [-0.3, -0.25) is 0 Å². The SMILES string of the molecule is CCC(NC(C)C)C(O)c1ccc(O)c2nc(OC(C)C)ccc12. The van der Waals surface area contributed by atoms with E-state index in [9.17, 15) is 10.2 Å². The van der Waals surface area contributed by atoms with E-state index in [1.807, 2.05) is 26.8 Å². The Labute approximate surface area is 143 Å². The van der Waals surface area contributed by atoms with Gasteiger partial charge in [0.05, 0.1) is 12.2 Å². The van der Waals surface area contributed by atoms with Crippen LogP contribution in [0.3, 0.4) is 0 Å². The van der Waals surface area contributed by atoms with Crippen molar-refractivity contribution < 1.29 is 14.9 Å². The molecule has 0 bridgehead atoms. The second-order valence-corrected chi connectivity index (χ2v) is 6.67. The molecule has 2 rings (SSSR count). The van der Waals surface area contributed by atoms with Gasteiger partial charge < -0.3 is 20.3 Å². The Morgan fingerprint density at radius 2 is 1.83 bits per heavy atom. The molecule has 0 spiro atoms. The summed E-state index contributed by atoms with van der Waals surface area (Å²) in [7, 11) is 0. The second-order valence-electron chi connectivity index (χ2n) is 6.67. The molecule has 0 aliphatic carbocycles. The molecule has 24 heavy (non-hydrogen) atoms. The number of hydrogen-bond donors (Lipinski definition) is 3. The Bertz CT molecular complexity index is 686. The van der Waals surface area contributed by atoms with Crippen LogP contribution in [0.5, 0.6) is 11.6 Å². The number of aliphatic hydroxyl groups excluding tert-OH is 1. The Morgan fingerprint density at radius 3 is 2.42 bits per heavy atom. The fourth-order valence-corrected chi connectivity index (χ4v) is 2.85. The maximum atomic E-state index is 10.8. The molecule has 132 valence electrons. The summed E-state index contributed by atoms with van der Waals surface area (Å²) in [4.78, 5) is 4.40. The van der Waals surface area contributed by atoms with Gasteiger partial charge in [-0.25, -0.2) is 4.98 Å². The summed E-state index contributed by atoms with van der Waals surface area (Å²) in [6, 6.07) is 7.17. The van der Waals surface area contributed by atoms with Crippen molar-refractivity contribution in [2.75, 3.05) is 0 Å². The Hall–Kier alpha value is -1.85. The third-order valence-electron chi connectivity index (χ3n) is 3.89. The summed E-state index contributed by atoms with van der Waals surface area (Å²) in [6.07, 6.45) is 0.119. The van der Waals surface area contributed by atoms with E-state index in [4.69, 9.17) is 4.74 Å². The monoisotopic (exact) mass is 332 g/mol. The molecular formula is C19H28N2O3. The van der Waals surface area contributed by atoms with Gasteiger partial charge in [0.1, 0.15) is 11.3 Å². The number of nitrogens with zero attached hydrogens (tertiary/aromatic N) is 1. The maximum Gasteiger partial charge on any atom is 0.214 e. The molecule has 1 aromatic heterocycles. The minimum Gasteiger partial charge on any atom is -0.506 e. The molecule has 1 heterocycles. The molecule has 0 radical (unpaired) electrons. The Morgan fingerprint density at radius 1 is 1.12 bits per heavy atom. The third-order valence-corrected chi connectivity index (χ3v) is 3.89. The van der Waals surface area contributed by atoms with E-state index in [0.717, 1.165) is 17.4 Å². The number of benzene rings is 1. The predicted octanol–water partition coefficient (Wildman–Crippen LogP) is 3.54. The number of pyridine rings is 1. The summed E-state index contributed by atoms with van der Waals surface area (Å²) < 4.78 is 5.60. The molecular weight excluding hydrogens is 304 g/mol. The average molecular weight is 332 g/mol. The lowest BCUT2D eigenvalue weighted by atomic mass is 9.95. The van der Waals surface area contributed by atoms with Crippen molar-refractivity contribution in [3.8, 4) is 11.6 Å². The number of fused-ring (bicyclic) bond motifs is 1. The van der Waals surface area contributed by atoms with E-state index in [-0.39, 0.29) is 23.9 Å². The van der Waals surface area contributed by atoms with Gasteiger partial charge in [0.2, 0.25) is 5.88 Å². The molecule has 2 atom stereocenters. The minimum atomic E-state index is -0.681. The van der Waals surface area contributed by atoms with Crippen molar-refractivity contribution >= 4 is 10.9 Å². The predicted molar refractivity (Wildman–Crippen MR) is 96.5 cm³/mol. The van der Waals surface area contributed by atoms with Crippen LogP contribution in [-0.2, 0) is 0 Å². The number of phenols is 1. The van der Waals surface area contributed by atoms with Gasteiger partial charge in [-0.2, -0.15) is 0 Å². The normalized spacial score (nSPS) is 14.3. The fourth-order valence-electron chi connectivity index (χ4n) is 2.85. The van der Waals surface area contributed by atoms with Gasteiger partial charge in [-0.05, 0) is 38.0 Å². The maximum absolute atomic E-state index is 10.8. The van der Waals surface area contributed by atoms with Gasteiger partial charge in [-0.15, -0.1) is 0 Å². The zero-order valence-corrected chi connectivity index (χ0v) is 15.1. The van der Waals surface area contributed by atoms with Crippen LogP contribution in [0.2, 0.25) is 0 Å². The first-order chi connectivity index (χ1) is 11.3. The van der Waals surface area contributed by atoms with Gasteiger partial charge in [0.15, 0.2) is 0 Å². The summed E-state index contributed by atoms with van der Waals surface area (Å²) in [6.45, 7) is 10.0. The highest BCUT2D eigenvalue weighted by Crippen LogP contribution is 2.33. The molecule has 0 saturated carbocycles. The lowest BCUT2D eigenvalue weighted by Crippen LogP contribution is -2.38. The van der Waals surface area contributed by atoms with Gasteiger partial charge in [0, 0.05) is 23.5 Å². The van der Waals surface area contributed by atoms with E-state index in [2.05, 4.69) is 24.1 Å². The molecule has 0 amide bonds. The van der Waals surface area contributed by atoms with Crippen molar-refractivity contribution in [1.82, 2.24) is 10.3 Å². The van der Waals surface area contributed by atoms with Gasteiger partial charge in [-0.1, -0.05) is 26.8 Å². The van der Waals surface area contributed by atoms with Crippen molar-refractivity contribution in [3.05, 3.63) is 29.8 Å². The van der Waals surface area contributed by atoms with Crippen molar-refractivity contribution in [2.24, 2.45) is 0 Å². The van der Waals surface area contributed by atoms with Crippen LogP contribution in [0, 0.1) is 0 Å². The number of aliphatic hydroxyl groups is 1. The molecule has 0 aliphatic rings. The fraction of sp³-hybridized carbons (Fsp3) is 0.526. The van der Waals surface area contributed by atoms with Crippen LogP contribution in [0.4, 0.5) is 0 Å². The molecule has 0 fully saturated rings. The summed E-state index contributed by atoms with van der Waals surface area (Å²) in [5.74, 6) is 0.548. The smallest absolute Gasteiger partial charge is 0.214 e. The molecule has 5 nitrogen and oxygen atoms in total. The number of rotatable bonds is 7. The topological polar surface area (TPSA) is 74.6 Å². The Balaban J connectivity index is 2.45. The van der Waals surface area contributed by atoms with Crippen LogP contribution >= 0.6 is 0 Å². The molecule has 2 unspecified atom stereocenters. The van der Waals surface area contributed by atoms with E-state index in [1.54, 1.807) is 18.2 Å². The molecule has 3 N–H and O–H groups in total. The van der Waals surface area contributed by atoms with Crippen molar-refractivity contribution in [3.63, 3.8) is 0 Å². The lowest BCUT2D eigenvalue weighted by Gasteiger charge is -2.26. The average Bonchev–Trinajstić information content (AvgIpc) is 2.52. The number of hydrogen-bond acceptors (Lipinski definition) is 5. The third kappa shape index (κ3) is 4.16. The second kappa shape index (κ2) is 7.81. The highest BCUT2D eigenvalue weighted by Gasteiger charge is 2.23. The van der Waals surface area contributed by atoms with Crippen molar-refractivity contribution in [1.29, 1.82) is 0 Å². The molecule has 2 aromatic rings. The van der Waals surface area contributed by atoms with Crippen LogP contribution in [-0.4, -0.2) is 33.4 Å². The van der Waals surface area contributed by atoms with Gasteiger partial charge >= 0.3 is 0 Å². The van der Waals surface area contributed by atoms with Crippen LogP contribution in [0.15, 0.2) is 24.3 Å². The number of ether oxygens (including phenoxy) is 1. The molecule has 0 aliphatic heterocycles. The van der Waals surface area contributed by atoms with E-state index < -0.39 is 6.10 Å². The molecule has 0 saturated heterocycles. The zero-order chi connectivity index (χ0) is 17.9. The summed E-state index contributed by atoms with van der Waals surface area (Å²) in [5.41, 5.74) is 1.20. The zero-order valence-electron chi connectivity index (χ0n) is 15.1. The first-order valence-electron chi connectivity index (χ1n) is 8.56. The van der Waals surface area contributed by atoms with Gasteiger partial charge in [0.25, 0.3) is 0 Å². The summed E-state index contributed by atoms with van der Waals surface area (Å²) in [5, 5.41) is 25.1. The lowest BCUT2D eigenvalue weighted by molar-refractivity contribution is 0.123. The largest absolute Gasteiger partial charge is 0.506 e. The van der Waals surface area contributed by atoms with E-state index >= 15 is 0 Å². The number of phenolic OH excluding ortho intramolecular Hbond substituents is 1. The van der Waals surface area contributed by atoms with E-state index in [1.165, 1.54) is 0 Å². The number of aromatic hydroxyl groups is 1. The minimum absolute atomic E-state index is 0.00517. The van der Waals surface area contributed by atoms with E-state index in [0.29, 0.717) is 11.4 Å². The molecule has 5 heteroatoms. The molecule has 1 aromatic carbocycles. The number of nitrogens with one attached hydrogen (secondary N) is 1.